The zero-order valence-corrected chi connectivity index (χ0v) is 25.9. The summed E-state index contributed by atoms with van der Waals surface area (Å²) in [4.78, 5) is 61.2. The predicted molar refractivity (Wildman–Crippen MR) is 162 cm³/mol. The van der Waals surface area contributed by atoms with Crippen molar-refractivity contribution in [1.29, 1.82) is 0 Å². The van der Waals surface area contributed by atoms with E-state index in [0.717, 1.165) is 31.0 Å². The Hall–Kier alpha value is -3.70. The number of Topliss-reactive ketones (excluding diaryl/α,β-unsaturated/α-hetero) is 2. The normalized spacial score (nSPS) is 34.5. The van der Waals surface area contributed by atoms with Gasteiger partial charge in [0.1, 0.15) is 17.3 Å². The maximum Gasteiger partial charge on any atom is 0.305 e. The molecule has 1 aromatic rings. The second-order valence-electron chi connectivity index (χ2n) is 13.7. The molecule has 4 saturated carbocycles. The van der Waals surface area contributed by atoms with Crippen LogP contribution in [0.1, 0.15) is 85.5 Å². The Kier molecular flexibility index (Phi) is 8.65. The number of hydrogen-bond acceptors (Lipinski definition) is 10. The van der Waals surface area contributed by atoms with Crippen LogP contribution in [0.15, 0.2) is 23.3 Å². The molecule has 0 saturated heterocycles. The molecule has 1 N–H and O–H groups in total. The number of fused-ring (bicyclic) bond motifs is 5. The lowest BCUT2D eigenvalue weighted by molar-refractivity contribution is -0.393. The van der Waals surface area contributed by atoms with Crippen molar-refractivity contribution in [2.45, 2.75) is 85.5 Å². The molecule has 8 atom stereocenters. The van der Waals surface area contributed by atoms with Crippen LogP contribution in [-0.4, -0.2) is 39.7 Å². The number of anilines is 1. The van der Waals surface area contributed by atoms with Crippen molar-refractivity contribution in [1.82, 2.24) is 0 Å². The van der Waals surface area contributed by atoms with Gasteiger partial charge in [-0.15, -0.1) is 0 Å². The molecular formula is C32H42N4O8. The van der Waals surface area contributed by atoms with Crippen LogP contribution in [-0.2, 0) is 19.1 Å². The van der Waals surface area contributed by atoms with Gasteiger partial charge in [-0.3, -0.25) is 40.0 Å². The van der Waals surface area contributed by atoms with Gasteiger partial charge in [0.25, 0.3) is 5.69 Å². The minimum atomic E-state index is -0.685. The molecule has 0 radical (unpaired) electrons. The van der Waals surface area contributed by atoms with E-state index in [0.29, 0.717) is 45.1 Å². The average molecular weight is 611 g/mol. The number of nitro benzene ring substituents is 2. The summed E-state index contributed by atoms with van der Waals surface area (Å²) in [5.74, 6) is 0.397. The predicted octanol–water partition coefficient (Wildman–Crippen LogP) is 6.27. The molecule has 12 heteroatoms. The molecule has 0 spiro atoms. The smallest absolute Gasteiger partial charge is 0.305 e. The number of benzene rings is 1. The van der Waals surface area contributed by atoms with Crippen molar-refractivity contribution < 1.29 is 29.0 Å². The van der Waals surface area contributed by atoms with E-state index < -0.39 is 20.9 Å². The number of esters is 1. The maximum atomic E-state index is 14.1. The lowest BCUT2D eigenvalue weighted by atomic mass is 9.44. The Labute approximate surface area is 256 Å². The van der Waals surface area contributed by atoms with Crippen LogP contribution in [0.25, 0.3) is 0 Å². The van der Waals surface area contributed by atoms with Crippen LogP contribution in [0.3, 0.4) is 0 Å². The summed E-state index contributed by atoms with van der Waals surface area (Å²) >= 11 is 0. The van der Waals surface area contributed by atoms with Crippen molar-refractivity contribution in [3.63, 3.8) is 0 Å². The number of ether oxygens (including phenoxy) is 1. The van der Waals surface area contributed by atoms with Crippen molar-refractivity contribution in [2.75, 3.05) is 12.0 Å². The first kappa shape index (κ1) is 31.7. The molecule has 44 heavy (non-hydrogen) atoms. The van der Waals surface area contributed by atoms with E-state index in [4.69, 9.17) is 4.74 Å². The van der Waals surface area contributed by atoms with Crippen LogP contribution < -0.4 is 5.43 Å². The monoisotopic (exact) mass is 610 g/mol. The minimum Gasteiger partial charge on any atom is -0.466 e. The highest BCUT2D eigenvalue weighted by atomic mass is 16.6. The Morgan fingerprint density at radius 3 is 2.55 bits per heavy atom. The molecule has 4 fully saturated rings. The largest absolute Gasteiger partial charge is 0.466 e. The van der Waals surface area contributed by atoms with Crippen molar-refractivity contribution in [2.24, 2.45) is 51.4 Å². The number of non-ortho nitro benzene ring substituents is 1. The first-order valence-electron chi connectivity index (χ1n) is 15.8. The van der Waals surface area contributed by atoms with Crippen LogP contribution >= 0.6 is 0 Å². The lowest BCUT2D eigenvalue weighted by Gasteiger charge is -2.59. The summed E-state index contributed by atoms with van der Waals surface area (Å²) < 4.78 is 5.11. The number of nitro groups is 2. The number of nitrogens with zero attached hydrogens (tertiary/aromatic N) is 3. The molecule has 8 unspecified atom stereocenters. The van der Waals surface area contributed by atoms with Gasteiger partial charge in [0.05, 0.1) is 22.5 Å². The Morgan fingerprint density at radius 1 is 1.11 bits per heavy atom. The number of ketones is 2. The van der Waals surface area contributed by atoms with E-state index in [9.17, 15) is 34.6 Å². The molecule has 0 amide bonds. The van der Waals surface area contributed by atoms with Gasteiger partial charge in [-0.2, -0.15) is 5.10 Å². The standard InChI is InChI=1S/C32H42N4O8/c1-5-44-29(39)11-6-18(2)22-8-9-23-30-24(17-28(38)32(22,23)4)31(3)13-12-20(14-19(31)15-27(30)37)33-34-25-10-7-21(35(40)41)16-26(25)36(42)43/h7,10,16,18-19,22-24,30,34H,5-6,8-9,11-15,17H2,1-4H3/b33-20-. The molecule has 238 valence electrons. The summed E-state index contributed by atoms with van der Waals surface area (Å²) in [5.41, 5.74) is 2.00. The number of nitrogens with one attached hydrogen (secondary N) is 1. The summed E-state index contributed by atoms with van der Waals surface area (Å²) in [5, 5.41) is 27.0. The first-order chi connectivity index (χ1) is 20.8. The number of hydrogen-bond donors (Lipinski definition) is 1. The Bertz CT molecular complexity index is 1410. The second-order valence-corrected chi connectivity index (χ2v) is 13.7. The number of rotatable bonds is 9. The average Bonchev–Trinajstić information content (AvgIpc) is 3.34. The van der Waals surface area contributed by atoms with Gasteiger partial charge >= 0.3 is 11.7 Å². The number of carbonyl (C=O) groups is 3. The molecule has 4 aliphatic carbocycles. The fourth-order valence-corrected chi connectivity index (χ4v) is 9.30. The quantitative estimate of drug-likeness (QED) is 0.192. The third kappa shape index (κ3) is 5.40. The van der Waals surface area contributed by atoms with E-state index in [1.165, 1.54) is 12.1 Å². The van der Waals surface area contributed by atoms with Gasteiger partial charge < -0.3 is 4.74 Å². The van der Waals surface area contributed by atoms with E-state index in [1.807, 2.05) is 0 Å². The van der Waals surface area contributed by atoms with Crippen LogP contribution in [0.4, 0.5) is 17.1 Å². The van der Waals surface area contributed by atoms with Crippen molar-refractivity contribution in [3.8, 4) is 0 Å². The zero-order valence-electron chi connectivity index (χ0n) is 25.9. The molecule has 0 bridgehead atoms. The highest BCUT2D eigenvalue weighted by Gasteiger charge is 2.66. The topological polar surface area (TPSA) is 171 Å². The molecular weight excluding hydrogens is 568 g/mol. The highest BCUT2D eigenvalue weighted by molar-refractivity contribution is 5.93. The fraction of sp³-hybridized carbons (Fsp3) is 0.688. The Morgan fingerprint density at radius 2 is 1.86 bits per heavy atom. The van der Waals surface area contributed by atoms with Gasteiger partial charge in [-0.1, -0.05) is 20.8 Å². The molecule has 12 nitrogen and oxygen atoms in total. The first-order valence-corrected chi connectivity index (χ1v) is 15.8. The molecule has 0 heterocycles. The summed E-state index contributed by atoms with van der Waals surface area (Å²) in [6.07, 6.45) is 5.45. The fourth-order valence-electron chi connectivity index (χ4n) is 9.30. The maximum absolute atomic E-state index is 14.1. The van der Waals surface area contributed by atoms with Gasteiger partial charge in [-0.25, -0.2) is 0 Å². The minimum absolute atomic E-state index is 0.00786. The molecule has 4 aliphatic rings. The lowest BCUT2D eigenvalue weighted by Crippen LogP contribution is -2.60. The van der Waals surface area contributed by atoms with E-state index in [-0.39, 0.29) is 69.8 Å². The summed E-state index contributed by atoms with van der Waals surface area (Å²) in [7, 11) is 0. The van der Waals surface area contributed by atoms with Gasteiger partial charge in [-0.05, 0) is 86.5 Å². The third-order valence-corrected chi connectivity index (χ3v) is 11.8. The molecule has 0 aliphatic heterocycles. The van der Waals surface area contributed by atoms with Crippen LogP contribution in [0.2, 0.25) is 0 Å². The molecule has 1 aromatic carbocycles. The zero-order chi connectivity index (χ0) is 32.0. The molecule has 5 rings (SSSR count). The van der Waals surface area contributed by atoms with Crippen molar-refractivity contribution in [3.05, 3.63) is 38.4 Å². The molecule has 0 aromatic heterocycles. The summed E-state index contributed by atoms with van der Waals surface area (Å²) in [6.45, 7) is 8.56. The van der Waals surface area contributed by atoms with E-state index in [1.54, 1.807) is 6.92 Å². The van der Waals surface area contributed by atoms with Gasteiger partial charge in [0.2, 0.25) is 0 Å². The number of hydrazone groups is 1. The number of carbonyl (C=O) groups excluding carboxylic acids is 3. The van der Waals surface area contributed by atoms with Crippen molar-refractivity contribution >= 4 is 40.3 Å². The SMILES string of the molecule is CCOC(=O)CCC(C)C1CCC2C3C(=O)CC4C/C(=N\Nc5ccc([N+](=O)[O-])cc5[N+](=O)[O-])CCC4(C)C3CC(=O)C12C. The van der Waals surface area contributed by atoms with Gasteiger partial charge in [0.15, 0.2) is 0 Å². The van der Waals surface area contributed by atoms with Crippen LogP contribution in [0, 0.1) is 66.6 Å². The highest BCUT2D eigenvalue weighted by Crippen LogP contribution is 2.66. The van der Waals surface area contributed by atoms with E-state index in [2.05, 4.69) is 31.3 Å². The third-order valence-electron chi connectivity index (χ3n) is 11.8. The summed E-state index contributed by atoms with van der Waals surface area (Å²) in [6, 6.07) is 3.37. The van der Waals surface area contributed by atoms with Gasteiger partial charge in [0, 0.05) is 42.4 Å². The Balaban J connectivity index is 1.31. The van der Waals surface area contributed by atoms with E-state index >= 15 is 0 Å². The second kappa shape index (κ2) is 12.0. The van der Waals surface area contributed by atoms with Crippen LogP contribution in [0.5, 0.6) is 0 Å².